The van der Waals surface area contributed by atoms with Crippen LogP contribution in [0.1, 0.15) is 6.92 Å². The van der Waals surface area contributed by atoms with Crippen LogP contribution in [-0.4, -0.2) is 37.1 Å². The lowest BCUT2D eigenvalue weighted by molar-refractivity contribution is -0.384. The van der Waals surface area contributed by atoms with Crippen molar-refractivity contribution in [3.05, 3.63) is 28.3 Å². The number of hydrogen-bond acceptors (Lipinski definition) is 5. The Morgan fingerprint density at radius 2 is 2.11 bits per heavy atom. The summed E-state index contributed by atoms with van der Waals surface area (Å²) in [5.74, 6) is -0.205. The highest BCUT2D eigenvalue weighted by molar-refractivity contribution is 5.93. The number of anilines is 2. The first-order chi connectivity index (χ1) is 9.08. The summed E-state index contributed by atoms with van der Waals surface area (Å²) in [5.41, 5.74) is 1.25. The number of nitrogens with one attached hydrogen (secondary N) is 1. The van der Waals surface area contributed by atoms with Crippen molar-refractivity contribution in [2.75, 3.05) is 36.5 Å². The Balaban J connectivity index is 2.36. The van der Waals surface area contributed by atoms with E-state index < -0.39 is 4.92 Å². The maximum atomic E-state index is 11.2. The molecule has 19 heavy (non-hydrogen) atoms. The second kappa shape index (κ2) is 5.66. The van der Waals surface area contributed by atoms with E-state index >= 15 is 0 Å². The predicted molar refractivity (Wildman–Crippen MR) is 70.4 cm³/mol. The van der Waals surface area contributed by atoms with Gasteiger partial charge in [-0.1, -0.05) is 0 Å². The van der Waals surface area contributed by atoms with Crippen LogP contribution in [0.15, 0.2) is 18.2 Å². The van der Waals surface area contributed by atoms with E-state index in [1.807, 2.05) is 4.90 Å². The SMILES string of the molecule is CC(=O)Nc1ccc([N+](=O)[O-])cc1N1CCOCC1. The zero-order valence-electron chi connectivity index (χ0n) is 10.6. The number of nitro groups is 1. The zero-order chi connectivity index (χ0) is 13.8. The highest BCUT2D eigenvalue weighted by Crippen LogP contribution is 2.31. The van der Waals surface area contributed by atoms with E-state index in [0.29, 0.717) is 37.7 Å². The number of benzene rings is 1. The largest absolute Gasteiger partial charge is 0.378 e. The summed E-state index contributed by atoms with van der Waals surface area (Å²) in [4.78, 5) is 23.6. The van der Waals surface area contributed by atoms with Gasteiger partial charge in [0.15, 0.2) is 0 Å². The molecule has 1 aromatic rings. The van der Waals surface area contributed by atoms with Gasteiger partial charge in [0, 0.05) is 32.1 Å². The second-order valence-electron chi connectivity index (χ2n) is 4.24. The van der Waals surface area contributed by atoms with Gasteiger partial charge in [-0.05, 0) is 6.07 Å². The Bertz CT molecular complexity index is 498. The molecule has 7 heteroatoms. The molecule has 0 radical (unpaired) electrons. The van der Waals surface area contributed by atoms with E-state index in [-0.39, 0.29) is 11.6 Å². The van der Waals surface area contributed by atoms with Gasteiger partial charge in [0.2, 0.25) is 5.91 Å². The van der Waals surface area contributed by atoms with Crippen molar-refractivity contribution in [3.63, 3.8) is 0 Å². The fourth-order valence-corrected chi connectivity index (χ4v) is 1.99. The number of hydrogen-bond donors (Lipinski definition) is 1. The molecule has 0 unspecified atom stereocenters. The van der Waals surface area contributed by atoms with E-state index in [1.54, 1.807) is 6.07 Å². The summed E-state index contributed by atoms with van der Waals surface area (Å²) >= 11 is 0. The minimum absolute atomic E-state index is 0.00981. The quantitative estimate of drug-likeness (QED) is 0.659. The maximum absolute atomic E-state index is 11.2. The van der Waals surface area contributed by atoms with Crippen LogP contribution in [0.2, 0.25) is 0 Å². The highest BCUT2D eigenvalue weighted by atomic mass is 16.6. The van der Waals surface area contributed by atoms with Gasteiger partial charge >= 0.3 is 0 Å². The fraction of sp³-hybridized carbons (Fsp3) is 0.417. The number of carbonyl (C=O) groups excluding carboxylic acids is 1. The van der Waals surface area contributed by atoms with Gasteiger partial charge in [-0.2, -0.15) is 0 Å². The van der Waals surface area contributed by atoms with Crippen LogP contribution >= 0.6 is 0 Å². The first-order valence-corrected chi connectivity index (χ1v) is 5.96. The lowest BCUT2D eigenvalue weighted by Crippen LogP contribution is -2.36. The molecule has 1 aliphatic heterocycles. The molecule has 0 aliphatic carbocycles. The lowest BCUT2D eigenvalue weighted by atomic mass is 10.2. The van der Waals surface area contributed by atoms with Crippen molar-refractivity contribution in [2.45, 2.75) is 6.92 Å². The van der Waals surface area contributed by atoms with Crippen LogP contribution in [0.4, 0.5) is 17.1 Å². The average Bonchev–Trinajstić information content (AvgIpc) is 2.39. The van der Waals surface area contributed by atoms with E-state index in [2.05, 4.69) is 5.32 Å². The van der Waals surface area contributed by atoms with Crippen LogP contribution in [0.5, 0.6) is 0 Å². The minimum Gasteiger partial charge on any atom is -0.378 e. The van der Waals surface area contributed by atoms with E-state index in [9.17, 15) is 14.9 Å². The number of nitro benzene ring substituents is 1. The second-order valence-corrected chi connectivity index (χ2v) is 4.24. The van der Waals surface area contributed by atoms with Crippen molar-refractivity contribution >= 4 is 23.0 Å². The summed E-state index contributed by atoms with van der Waals surface area (Å²) in [5, 5.41) is 13.5. The summed E-state index contributed by atoms with van der Waals surface area (Å²) in [6.07, 6.45) is 0. The van der Waals surface area contributed by atoms with Gasteiger partial charge in [-0.25, -0.2) is 0 Å². The molecule has 0 bridgehead atoms. The molecule has 1 heterocycles. The average molecular weight is 265 g/mol. The normalized spacial score (nSPS) is 15.1. The van der Waals surface area contributed by atoms with Gasteiger partial charge in [-0.15, -0.1) is 0 Å². The number of carbonyl (C=O) groups is 1. The molecule has 2 rings (SSSR count). The molecule has 1 N–H and O–H groups in total. The molecule has 1 amide bonds. The zero-order valence-corrected chi connectivity index (χ0v) is 10.6. The van der Waals surface area contributed by atoms with Gasteiger partial charge in [0.25, 0.3) is 5.69 Å². The van der Waals surface area contributed by atoms with Gasteiger partial charge in [-0.3, -0.25) is 14.9 Å². The van der Waals surface area contributed by atoms with Gasteiger partial charge in [0.05, 0.1) is 29.5 Å². The van der Waals surface area contributed by atoms with Crippen molar-refractivity contribution in [2.24, 2.45) is 0 Å². The molecule has 0 atom stereocenters. The summed E-state index contributed by atoms with van der Waals surface area (Å²) in [6.45, 7) is 3.84. The maximum Gasteiger partial charge on any atom is 0.271 e. The third-order valence-electron chi connectivity index (χ3n) is 2.85. The molecule has 0 aromatic heterocycles. The minimum atomic E-state index is -0.443. The smallest absolute Gasteiger partial charge is 0.271 e. The molecule has 7 nitrogen and oxygen atoms in total. The van der Waals surface area contributed by atoms with Crippen LogP contribution in [0.25, 0.3) is 0 Å². The fourth-order valence-electron chi connectivity index (χ4n) is 1.99. The Kier molecular flexibility index (Phi) is 3.96. The Hall–Kier alpha value is -2.15. The first kappa shape index (κ1) is 13.3. The van der Waals surface area contributed by atoms with Crippen LogP contribution in [-0.2, 0) is 9.53 Å². The first-order valence-electron chi connectivity index (χ1n) is 5.96. The molecule has 102 valence electrons. The Morgan fingerprint density at radius 3 is 2.68 bits per heavy atom. The summed E-state index contributed by atoms with van der Waals surface area (Å²) in [6, 6.07) is 4.43. The molecule has 1 fully saturated rings. The topological polar surface area (TPSA) is 84.7 Å². The van der Waals surface area contributed by atoms with Gasteiger partial charge in [0.1, 0.15) is 0 Å². The number of nitrogens with zero attached hydrogens (tertiary/aromatic N) is 2. The van der Waals surface area contributed by atoms with E-state index in [0.717, 1.165) is 0 Å². The molecule has 0 saturated carbocycles. The molecule has 1 saturated heterocycles. The number of ether oxygens (including phenoxy) is 1. The highest BCUT2D eigenvalue weighted by Gasteiger charge is 2.18. The van der Waals surface area contributed by atoms with Crippen molar-refractivity contribution < 1.29 is 14.5 Å². The van der Waals surface area contributed by atoms with Crippen molar-refractivity contribution in [3.8, 4) is 0 Å². The molecular formula is C12H15N3O4. The standard InChI is InChI=1S/C12H15N3O4/c1-9(16)13-11-3-2-10(15(17)18)8-12(11)14-4-6-19-7-5-14/h2-3,8H,4-7H2,1H3,(H,13,16). The molecular weight excluding hydrogens is 250 g/mol. The Morgan fingerprint density at radius 1 is 1.42 bits per heavy atom. The van der Waals surface area contributed by atoms with E-state index in [1.165, 1.54) is 19.1 Å². The number of non-ortho nitro benzene ring substituents is 1. The predicted octanol–water partition coefficient (Wildman–Crippen LogP) is 1.39. The van der Waals surface area contributed by atoms with Crippen molar-refractivity contribution in [1.82, 2.24) is 0 Å². The van der Waals surface area contributed by atoms with Crippen molar-refractivity contribution in [1.29, 1.82) is 0 Å². The summed E-state index contributed by atoms with van der Waals surface area (Å²) in [7, 11) is 0. The molecule has 1 aliphatic rings. The van der Waals surface area contributed by atoms with Crippen LogP contribution in [0.3, 0.4) is 0 Å². The van der Waals surface area contributed by atoms with Gasteiger partial charge < -0.3 is 15.0 Å². The molecule has 0 spiro atoms. The number of rotatable bonds is 3. The lowest BCUT2D eigenvalue weighted by Gasteiger charge is -2.30. The number of amides is 1. The Labute approximate surface area is 110 Å². The van der Waals surface area contributed by atoms with E-state index in [4.69, 9.17) is 4.74 Å². The summed E-state index contributed by atoms with van der Waals surface area (Å²) < 4.78 is 5.26. The van der Waals surface area contributed by atoms with Crippen LogP contribution < -0.4 is 10.2 Å². The number of morpholine rings is 1. The monoisotopic (exact) mass is 265 g/mol. The van der Waals surface area contributed by atoms with Crippen LogP contribution in [0, 0.1) is 10.1 Å². The third kappa shape index (κ3) is 3.19. The molecule has 1 aromatic carbocycles. The third-order valence-corrected chi connectivity index (χ3v) is 2.85.